The van der Waals surface area contributed by atoms with Crippen molar-refractivity contribution in [2.45, 2.75) is 33.0 Å². The molecule has 8 nitrogen and oxygen atoms in total. The summed E-state index contributed by atoms with van der Waals surface area (Å²) in [5.41, 5.74) is 0. The van der Waals surface area contributed by atoms with Gasteiger partial charge < -0.3 is 24.8 Å². The number of hydrogen-bond donors (Lipinski definition) is 2. The van der Waals surface area contributed by atoms with E-state index in [-0.39, 0.29) is 12.2 Å². The summed E-state index contributed by atoms with van der Waals surface area (Å²) in [5, 5.41) is 6.20. The molecule has 1 aliphatic rings. The van der Waals surface area contributed by atoms with E-state index in [2.05, 4.69) is 25.6 Å². The Labute approximate surface area is 124 Å². The van der Waals surface area contributed by atoms with Gasteiger partial charge in [0.1, 0.15) is 0 Å². The van der Waals surface area contributed by atoms with Crippen molar-refractivity contribution in [3.05, 3.63) is 0 Å². The van der Waals surface area contributed by atoms with Crippen molar-refractivity contribution >= 4 is 11.9 Å². The minimum absolute atomic E-state index is 0.00445. The van der Waals surface area contributed by atoms with Crippen molar-refractivity contribution in [1.29, 1.82) is 0 Å². The summed E-state index contributed by atoms with van der Waals surface area (Å²) < 4.78 is 16.5. The first-order valence-corrected chi connectivity index (χ1v) is 7.27. The van der Waals surface area contributed by atoms with Gasteiger partial charge in [0.05, 0.1) is 32.0 Å². The van der Waals surface area contributed by atoms with Crippen LogP contribution in [-0.2, 0) is 9.47 Å². The quantitative estimate of drug-likeness (QED) is 0.768. The summed E-state index contributed by atoms with van der Waals surface area (Å²) in [6.45, 7) is 8.99. The van der Waals surface area contributed by atoms with E-state index in [0.717, 1.165) is 6.54 Å². The van der Waals surface area contributed by atoms with Gasteiger partial charge in [-0.25, -0.2) is 0 Å². The van der Waals surface area contributed by atoms with Gasteiger partial charge in [0.2, 0.25) is 11.9 Å². The highest BCUT2D eigenvalue weighted by Gasteiger charge is 2.15. The van der Waals surface area contributed by atoms with Crippen LogP contribution in [0.2, 0.25) is 0 Å². The summed E-state index contributed by atoms with van der Waals surface area (Å²) >= 11 is 0. The molecule has 1 fully saturated rings. The topological polar surface area (TPSA) is 90.4 Å². The molecule has 0 saturated carbocycles. The Balaban J connectivity index is 2.00. The molecule has 8 heteroatoms. The fourth-order valence-corrected chi connectivity index (χ4v) is 1.80. The molecule has 1 unspecified atom stereocenters. The first-order valence-electron chi connectivity index (χ1n) is 7.27. The number of anilines is 2. The minimum atomic E-state index is 0.00445. The summed E-state index contributed by atoms with van der Waals surface area (Å²) in [7, 11) is 0. The molecule has 1 saturated heterocycles. The lowest BCUT2D eigenvalue weighted by Gasteiger charge is -2.23. The highest BCUT2D eigenvalue weighted by atomic mass is 16.6. The first kappa shape index (κ1) is 15.7. The Bertz CT molecular complexity index is 438. The molecule has 1 atom stereocenters. The Hall–Kier alpha value is -1.67. The van der Waals surface area contributed by atoms with Gasteiger partial charge in [-0.1, -0.05) is 0 Å². The average Bonchev–Trinajstić information content (AvgIpc) is 2.46. The molecule has 0 aliphatic carbocycles. The monoisotopic (exact) mass is 297 g/mol. The zero-order valence-electron chi connectivity index (χ0n) is 12.8. The predicted molar refractivity (Wildman–Crippen MR) is 78.8 cm³/mol. The number of nitrogens with zero attached hydrogens (tertiary/aromatic N) is 3. The maximum Gasteiger partial charge on any atom is 0.323 e. The van der Waals surface area contributed by atoms with E-state index in [0.29, 0.717) is 44.3 Å². The van der Waals surface area contributed by atoms with Crippen LogP contribution in [0.1, 0.15) is 20.8 Å². The fraction of sp³-hybridized carbons (Fsp3) is 0.769. The summed E-state index contributed by atoms with van der Waals surface area (Å²) in [4.78, 5) is 12.7. The lowest BCUT2D eigenvalue weighted by Crippen LogP contribution is -2.34. The van der Waals surface area contributed by atoms with Crippen molar-refractivity contribution in [3.8, 4) is 6.01 Å². The van der Waals surface area contributed by atoms with Gasteiger partial charge in [-0.2, -0.15) is 15.0 Å². The number of hydrogen-bond acceptors (Lipinski definition) is 8. The minimum Gasteiger partial charge on any atom is -0.461 e. The molecular weight excluding hydrogens is 274 g/mol. The van der Waals surface area contributed by atoms with Crippen LogP contribution in [0.5, 0.6) is 6.01 Å². The second-order valence-corrected chi connectivity index (χ2v) is 4.91. The maximum atomic E-state index is 5.57. The summed E-state index contributed by atoms with van der Waals surface area (Å²) in [6.07, 6.45) is 0.0115. The number of nitrogens with one attached hydrogen (secondary N) is 2. The van der Waals surface area contributed by atoms with Gasteiger partial charge in [-0.3, -0.25) is 0 Å². The van der Waals surface area contributed by atoms with Crippen molar-refractivity contribution in [1.82, 2.24) is 15.0 Å². The van der Waals surface area contributed by atoms with Crippen molar-refractivity contribution in [3.63, 3.8) is 0 Å². The van der Waals surface area contributed by atoms with Crippen LogP contribution < -0.4 is 15.4 Å². The fourth-order valence-electron chi connectivity index (χ4n) is 1.80. The van der Waals surface area contributed by atoms with E-state index in [9.17, 15) is 0 Å². The third-order valence-corrected chi connectivity index (χ3v) is 2.66. The Morgan fingerprint density at radius 3 is 2.57 bits per heavy atom. The normalized spacial score (nSPS) is 18.6. The molecule has 21 heavy (non-hydrogen) atoms. The SMILES string of the molecule is CCNc1nc(NCC2COCCO2)nc(OC(C)C)n1. The van der Waals surface area contributed by atoms with Gasteiger partial charge in [0.15, 0.2) is 0 Å². The third kappa shape index (κ3) is 5.31. The molecule has 2 N–H and O–H groups in total. The lowest BCUT2D eigenvalue weighted by atomic mass is 10.3. The molecule has 0 spiro atoms. The highest BCUT2D eigenvalue weighted by molar-refractivity contribution is 5.35. The zero-order valence-corrected chi connectivity index (χ0v) is 12.8. The van der Waals surface area contributed by atoms with Crippen LogP contribution in [0.4, 0.5) is 11.9 Å². The summed E-state index contributed by atoms with van der Waals surface area (Å²) in [6, 6.07) is 0.305. The van der Waals surface area contributed by atoms with Crippen LogP contribution in [0, 0.1) is 0 Å². The molecule has 0 aromatic carbocycles. The van der Waals surface area contributed by atoms with Gasteiger partial charge in [-0.05, 0) is 20.8 Å². The Morgan fingerprint density at radius 2 is 1.95 bits per heavy atom. The van der Waals surface area contributed by atoms with E-state index in [1.54, 1.807) is 0 Å². The number of rotatable bonds is 7. The van der Waals surface area contributed by atoms with E-state index in [1.165, 1.54) is 0 Å². The van der Waals surface area contributed by atoms with Crippen LogP contribution in [-0.4, -0.2) is 60.1 Å². The Morgan fingerprint density at radius 1 is 1.19 bits per heavy atom. The standard InChI is InChI=1S/C13H23N5O3/c1-4-14-11-16-12(18-13(17-11)21-9(2)3)15-7-10-8-19-5-6-20-10/h9-10H,4-8H2,1-3H3,(H2,14,15,16,17,18). The van der Waals surface area contributed by atoms with Crippen LogP contribution >= 0.6 is 0 Å². The van der Waals surface area contributed by atoms with Gasteiger partial charge in [-0.15, -0.1) is 0 Å². The zero-order chi connectivity index (χ0) is 15.1. The molecule has 1 aromatic rings. The van der Waals surface area contributed by atoms with E-state index >= 15 is 0 Å². The molecule has 118 valence electrons. The molecule has 2 heterocycles. The van der Waals surface area contributed by atoms with Crippen molar-refractivity contribution in [2.24, 2.45) is 0 Å². The molecule has 2 rings (SSSR count). The number of aromatic nitrogens is 3. The van der Waals surface area contributed by atoms with E-state index in [4.69, 9.17) is 14.2 Å². The smallest absolute Gasteiger partial charge is 0.323 e. The van der Waals surface area contributed by atoms with Crippen LogP contribution in [0.3, 0.4) is 0 Å². The molecule has 1 aliphatic heterocycles. The largest absolute Gasteiger partial charge is 0.461 e. The van der Waals surface area contributed by atoms with Gasteiger partial charge >= 0.3 is 6.01 Å². The third-order valence-electron chi connectivity index (χ3n) is 2.66. The predicted octanol–water partition coefficient (Wildman–Crippen LogP) is 0.918. The van der Waals surface area contributed by atoms with Crippen molar-refractivity contribution in [2.75, 3.05) is 43.5 Å². The van der Waals surface area contributed by atoms with Gasteiger partial charge in [0.25, 0.3) is 0 Å². The Kier molecular flexibility index (Phi) is 5.94. The molecule has 0 bridgehead atoms. The highest BCUT2D eigenvalue weighted by Crippen LogP contribution is 2.13. The lowest BCUT2D eigenvalue weighted by molar-refractivity contribution is -0.0819. The average molecular weight is 297 g/mol. The van der Waals surface area contributed by atoms with Crippen LogP contribution in [0.25, 0.3) is 0 Å². The maximum absolute atomic E-state index is 5.57. The molecule has 1 aromatic heterocycles. The molecular formula is C13H23N5O3. The second-order valence-electron chi connectivity index (χ2n) is 4.91. The van der Waals surface area contributed by atoms with Gasteiger partial charge in [0, 0.05) is 13.1 Å². The second kappa shape index (κ2) is 7.94. The first-order chi connectivity index (χ1) is 10.2. The number of ether oxygens (including phenoxy) is 3. The van der Waals surface area contributed by atoms with Crippen LogP contribution in [0.15, 0.2) is 0 Å². The molecule has 0 radical (unpaired) electrons. The van der Waals surface area contributed by atoms with Crippen molar-refractivity contribution < 1.29 is 14.2 Å². The van der Waals surface area contributed by atoms with E-state index in [1.807, 2.05) is 20.8 Å². The molecule has 0 amide bonds. The van der Waals surface area contributed by atoms with E-state index < -0.39 is 0 Å². The summed E-state index contributed by atoms with van der Waals surface area (Å²) in [5.74, 6) is 0.956.